The van der Waals surface area contributed by atoms with Gasteiger partial charge in [-0.1, -0.05) is 0 Å². The van der Waals surface area contributed by atoms with Gasteiger partial charge in [0.1, 0.15) is 0 Å². The number of hydrogen-bond acceptors (Lipinski definition) is 4. The van der Waals surface area contributed by atoms with E-state index in [1.807, 2.05) is 0 Å². The summed E-state index contributed by atoms with van der Waals surface area (Å²) in [6, 6.07) is 4.37. The molecule has 2 atom stereocenters. The van der Waals surface area contributed by atoms with Crippen LogP contribution in [0.25, 0.3) is 0 Å². The number of carbonyl (C=O) groups is 1. The van der Waals surface area contributed by atoms with Crippen molar-refractivity contribution in [1.29, 1.82) is 0 Å². The molecule has 2 rings (SSSR count). The van der Waals surface area contributed by atoms with Crippen LogP contribution in [0.1, 0.15) is 29.6 Å². The average Bonchev–Trinajstić information content (AvgIpc) is 2.85. The van der Waals surface area contributed by atoms with Crippen molar-refractivity contribution in [3.05, 3.63) is 28.2 Å². The van der Waals surface area contributed by atoms with Gasteiger partial charge in [0.2, 0.25) is 10.0 Å². The standard InChI is InChI=1S/C13H17BrN2O4S/c1-20-10-4-3-9(7-10)16-13(17)8-2-5-11(14)12(6-8)21(15,18)19/h2,5-6,9-10H,3-4,7H2,1H3,(H,16,17)(H2,15,18,19). The lowest BCUT2D eigenvalue weighted by atomic mass is 10.2. The van der Waals surface area contributed by atoms with Gasteiger partial charge in [-0.3, -0.25) is 4.79 Å². The van der Waals surface area contributed by atoms with Crippen molar-refractivity contribution in [2.45, 2.75) is 36.3 Å². The number of rotatable bonds is 4. The van der Waals surface area contributed by atoms with Crippen LogP contribution in [0.15, 0.2) is 27.6 Å². The Bertz CT molecular complexity index is 648. The van der Waals surface area contributed by atoms with Crippen molar-refractivity contribution in [3.8, 4) is 0 Å². The van der Waals surface area contributed by atoms with Crippen LogP contribution in [0.5, 0.6) is 0 Å². The maximum atomic E-state index is 12.2. The second kappa shape index (κ2) is 6.43. The highest BCUT2D eigenvalue weighted by molar-refractivity contribution is 9.10. The fraction of sp³-hybridized carbons (Fsp3) is 0.462. The third-order valence-corrected chi connectivity index (χ3v) is 5.46. The molecule has 1 aromatic carbocycles. The Kier molecular flexibility index (Phi) is 5.03. The molecular formula is C13H17BrN2O4S. The molecule has 0 heterocycles. The summed E-state index contributed by atoms with van der Waals surface area (Å²) >= 11 is 3.11. The molecule has 1 saturated carbocycles. The third-order valence-electron chi connectivity index (χ3n) is 3.55. The summed E-state index contributed by atoms with van der Waals surface area (Å²) in [7, 11) is -2.22. The highest BCUT2D eigenvalue weighted by Crippen LogP contribution is 2.24. The Morgan fingerprint density at radius 1 is 1.43 bits per heavy atom. The van der Waals surface area contributed by atoms with Gasteiger partial charge in [0.15, 0.2) is 0 Å². The predicted molar refractivity (Wildman–Crippen MR) is 81.4 cm³/mol. The van der Waals surface area contributed by atoms with Gasteiger partial charge in [0, 0.05) is 23.2 Å². The first-order valence-electron chi connectivity index (χ1n) is 6.47. The summed E-state index contributed by atoms with van der Waals surface area (Å²) in [6.07, 6.45) is 2.69. The number of primary sulfonamides is 1. The van der Waals surface area contributed by atoms with Gasteiger partial charge in [-0.15, -0.1) is 0 Å². The van der Waals surface area contributed by atoms with E-state index < -0.39 is 10.0 Å². The molecule has 1 amide bonds. The van der Waals surface area contributed by atoms with E-state index in [0.717, 1.165) is 19.3 Å². The smallest absolute Gasteiger partial charge is 0.251 e. The molecule has 21 heavy (non-hydrogen) atoms. The average molecular weight is 377 g/mol. The fourth-order valence-corrected chi connectivity index (χ4v) is 3.97. The number of amides is 1. The Balaban J connectivity index is 2.13. The number of ether oxygens (including phenoxy) is 1. The summed E-state index contributed by atoms with van der Waals surface area (Å²) in [5, 5.41) is 8.01. The van der Waals surface area contributed by atoms with Crippen molar-refractivity contribution in [2.24, 2.45) is 5.14 Å². The molecule has 3 N–H and O–H groups in total. The fourth-order valence-electron chi connectivity index (χ4n) is 2.42. The summed E-state index contributed by atoms with van der Waals surface area (Å²) in [5.41, 5.74) is 0.267. The van der Waals surface area contributed by atoms with Crippen LogP contribution in [-0.4, -0.2) is 33.6 Å². The summed E-state index contributed by atoms with van der Waals surface area (Å²) in [6.45, 7) is 0. The molecule has 2 unspecified atom stereocenters. The molecule has 0 saturated heterocycles. The zero-order valence-electron chi connectivity index (χ0n) is 11.5. The van der Waals surface area contributed by atoms with Gasteiger partial charge < -0.3 is 10.1 Å². The van der Waals surface area contributed by atoms with E-state index in [-0.39, 0.29) is 28.5 Å². The van der Waals surface area contributed by atoms with Crippen molar-refractivity contribution < 1.29 is 17.9 Å². The van der Waals surface area contributed by atoms with Crippen LogP contribution in [0.3, 0.4) is 0 Å². The van der Waals surface area contributed by atoms with Crippen LogP contribution >= 0.6 is 15.9 Å². The Labute approximate surface area is 132 Å². The number of benzene rings is 1. The molecular weight excluding hydrogens is 360 g/mol. The highest BCUT2D eigenvalue weighted by atomic mass is 79.9. The number of hydrogen-bond donors (Lipinski definition) is 2. The molecule has 116 valence electrons. The molecule has 0 aliphatic heterocycles. The van der Waals surface area contributed by atoms with Gasteiger partial charge in [0.25, 0.3) is 5.91 Å². The largest absolute Gasteiger partial charge is 0.381 e. The van der Waals surface area contributed by atoms with Crippen LogP contribution in [0.4, 0.5) is 0 Å². The lowest BCUT2D eigenvalue weighted by Crippen LogP contribution is -2.33. The Morgan fingerprint density at radius 3 is 2.71 bits per heavy atom. The zero-order valence-corrected chi connectivity index (χ0v) is 13.9. The van der Waals surface area contributed by atoms with E-state index >= 15 is 0 Å². The molecule has 1 aliphatic rings. The van der Waals surface area contributed by atoms with Crippen LogP contribution < -0.4 is 10.5 Å². The minimum atomic E-state index is -3.88. The number of halogens is 1. The first kappa shape index (κ1) is 16.4. The molecule has 0 radical (unpaired) electrons. The van der Waals surface area contributed by atoms with Crippen molar-refractivity contribution in [2.75, 3.05) is 7.11 Å². The van der Waals surface area contributed by atoms with Crippen molar-refractivity contribution in [3.63, 3.8) is 0 Å². The second-order valence-electron chi connectivity index (χ2n) is 5.03. The molecule has 0 bridgehead atoms. The molecule has 8 heteroatoms. The normalized spacial score (nSPS) is 22.2. The monoisotopic (exact) mass is 376 g/mol. The molecule has 1 aromatic rings. The van der Waals surface area contributed by atoms with Gasteiger partial charge in [-0.25, -0.2) is 13.6 Å². The first-order chi connectivity index (χ1) is 9.81. The minimum Gasteiger partial charge on any atom is -0.381 e. The van der Waals surface area contributed by atoms with E-state index in [4.69, 9.17) is 9.88 Å². The molecule has 6 nitrogen and oxygen atoms in total. The maximum absolute atomic E-state index is 12.2. The Hall–Kier alpha value is -0.960. The Morgan fingerprint density at radius 2 is 2.14 bits per heavy atom. The summed E-state index contributed by atoms with van der Waals surface area (Å²) < 4.78 is 28.5. The van der Waals surface area contributed by atoms with Crippen LogP contribution in [-0.2, 0) is 14.8 Å². The topological polar surface area (TPSA) is 98.5 Å². The number of methoxy groups -OCH3 is 1. The number of nitrogens with one attached hydrogen (secondary N) is 1. The zero-order chi connectivity index (χ0) is 15.6. The van der Waals surface area contributed by atoms with E-state index in [2.05, 4.69) is 21.2 Å². The van der Waals surface area contributed by atoms with Crippen LogP contribution in [0.2, 0.25) is 0 Å². The van der Waals surface area contributed by atoms with Gasteiger partial charge in [-0.05, 0) is 53.4 Å². The second-order valence-corrected chi connectivity index (χ2v) is 7.42. The highest BCUT2D eigenvalue weighted by Gasteiger charge is 2.26. The van der Waals surface area contributed by atoms with Crippen molar-refractivity contribution in [1.82, 2.24) is 5.32 Å². The maximum Gasteiger partial charge on any atom is 0.251 e. The lowest BCUT2D eigenvalue weighted by Gasteiger charge is -2.13. The van der Waals surface area contributed by atoms with E-state index in [1.165, 1.54) is 12.1 Å². The molecule has 1 fully saturated rings. The van der Waals surface area contributed by atoms with Gasteiger partial charge in [-0.2, -0.15) is 0 Å². The quantitative estimate of drug-likeness (QED) is 0.829. The SMILES string of the molecule is COC1CCC(NC(=O)c2ccc(Br)c(S(N)(=O)=O)c2)C1. The molecule has 0 aromatic heterocycles. The summed E-state index contributed by atoms with van der Waals surface area (Å²) in [4.78, 5) is 12.1. The third kappa shape index (κ3) is 4.03. The number of carbonyl (C=O) groups excluding carboxylic acids is 1. The van der Waals surface area contributed by atoms with E-state index in [9.17, 15) is 13.2 Å². The summed E-state index contributed by atoms with van der Waals surface area (Å²) in [5.74, 6) is -0.311. The lowest BCUT2D eigenvalue weighted by molar-refractivity contribution is 0.0915. The predicted octanol–water partition coefficient (Wildman–Crippen LogP) is 1.39. The number of sulfonamides is 1. The van der Waals surface area contributed by atoms with Gasteiger partial charge in [0.05, 0.1) is 11.0 Å². The number of nitrogens with two attached hydrogens (primary N) is 1. The molecule has 0 spiro atoms. The van der Waals surface area contributed by atoms with Crippen molar-refractivity contribution >= 4 is 31.9 Å². The van der Waals surface area contributed by atoms with Crippen LogP contribution in [0, 0.1) is 0 Å². The van der Waals surface area contributed by atoms with Gasteiger partial charge >= 0.3 is 0 Å². The van der Waals surface area contributed by atoms with E-state index in [1.54, 1.807) is 13.2 Å². The van der Waals surface area contributed by atoms with E-state index in [0.29, 0.717) is 4.47 Å². The molecule has 1 aliphatic carbocycles. The minimum absolute atomic E-state index is 0.0454. The first-order valence-corrected chi connectivity index (χ1v) is 8.81.